The van der Waals surface area contributed by atoms with Crippen molar-refractivity contribution in [2.75, 3.05) is 0 Å². The maximum Gasteiger partial charge on any atom is 0.376 e. The lowest BCUT2D eigenvalue weighted by Gasteiger charge is -2.06. The van der Waals surface area contributed by atoms with Gasteiger partial charge in [0.1, 0.15) is 11.6 Å². The summed E-state index contributed by atoms with van der Waals surface area (Å²) in [7, 11) is 0. The molecule has 112 valence electrons. The van der Waals surface area contributed by atoms with Gasteiger partial charge in [-0.15, -0.1) is 0 Å². The van der Waals surface area contributed by atoms with Crippen LogP contribution in [-0.4, -0.2) is 22.0 Å². The van der Waals surface area contributed by atoms with Crippen molar-refractivity contribution in [1.82, 2.24) is 0 Å². The second-order valence-corrected chi connectivity index (χ2v) is 4.67. The van der Waals surface area contributed by atoms with Crippen molar-refractivity contribution < 1.29 is 24.2 Å². The van der Waals surface area contributed by atoms with E-state index in [2.05, 4.69) is 0 Å². The molecule has 2 rings (SSSR count). The van der Waals surface area contributed by atoms with Crippen molar-refractivity contribution in [1.29, 1.82) is 0 Å². The Morgan fingerprint density at radius 1 is 1.05 bits per heavy atom. The van der Waals surface area contributed by atoms with Gasteiger partial charge in [0.05, 0.1) is 0 Å². The Morgan fingerprint density at radius 3 is 2.45 bits per heavy atom. The van der Waals surface area contributed by atoms with Crippen LogP contribution in [0.25, 0.3) is 5.76 Å². The van der Waals surface area contributed by atoms with Crippen LogP contribution >= 0.6 is 0 Å². The van der Waals surface area contributed by atoms with Gasteiger partial charge in [0.2, 0.25) is 0 Å². The van der Waals surface area contributed by atoms with E-state index in [0.29, 0.717) is 23.6 Å². The number of rotatable bonds is 5. The van der Waals surface area contributed by atoms with Crippen LogP contribution in [0.5, 0.6) is 0 Å². The number of hydrogen-bond acceptors (Lipinski definition) is 3. The van der Waals surface area contributed by atoms with Crippen LogP contribution in [0.1, 0.15) is 16.7 Å². The second-order valence-electron chi connectivity index (χ2n) is 4.67. The SMILES string of the molecule is O=C(O)C(=O)/C=C(/O)c1cccc(Cc2ccccc2F)c1. The molecule has 4 nitrogen and oxygen atoms in total. The Kier molecular flexibility index (Phi) is 4.68. The summed E-state index contributed by atoms with van der Waals surface area (Å²) in [4.78, 5) is 21.5. The first-order chi connectivity index (χ1) is 10.5. The zero-order chi connectivity index (χ0) is 16.1. The lowest BCUT2D eigenvalue weighted by Crippen LogP contribution is -2.09. The summed E-state index contributed by atoms with van der Waals surface area (Å²) >= 11 is 0. The van der Waals surface area contributed by atoms with Gasteiger partial charge >= 0.3 is 5.97 Å². The molecule has 0 spiro atoms. The van der Waals surface area contributed by atoms with Gasteiger partial charge in [-0.1, -0.05) is 36.4 Å². The summed E-state index contributed by atoms with van der Waals surface area (Å²) in [6, 6.07) is 12.8. The molecule has 2 aromatic carbocycles. The van der Waals surface area contributed by atoms with E-state index in [9.17, 15) is 19.1 Å². The summed E-state index contributed by atoms with van der Waals surface area (Å²) in [5, 5.41) is 18.3. The largest absolute Gasteiger partial charge is 0.507 e. The normalized spacial score (nSPS) is 11.2. The summed E-state index contributed by atoms with van der Waals surface area (Å²) in [6.07, 6.45) is 0.964. The van der Waals surface area contributed by atoms with E-state index in [4.69, 9.17) is 5.11 Å². The lowest BCUT2D eigenvalue weighted by molar-refractivity contribution is -0.146. The Morgan fingerprint density at radius 2 is 1.77 bits per heavy atom. The number of carboxylic acid groups (broad SMARTS) is 1. The predicted octanol–water partition coefficient (Wildman–Crippen LogP) is 2.97. The molecule has 5 heteroatoms. The molecule has 0 saturated carbocycles. The fourth-order valence-corrected chi connectivity index (χ4v) is 1.97. The third kappa shape index (κ3) is 3.79. The van der Waals surface area contributed by atoms with E-state index < -0.39 is 17.5 Å². The Bertz CT molecular complexity index is 750. The average molecular weight is 300 g/mol. The highest BCUT2D eigenvalue weighted by Gasteiger charge is 2.11. The first-order valence-electron chi connectivity index (χ1n) is 6.48. The fraction of sp³-hybridized carbons (Fsp3) is 0.0588. The maximum absolute atomic E-state index is 13.6. The monoisotopic (exact) mass is 300 g/mol. The van der Waals surface area contributed by atoms with Gasteiger partial charge in [-0.2, -0.15) is 0 Å². The van der Waals surface area contributed by atoms with E-state index >= 15 is 0 Å². The molecule has 0 aliphatic carbocycles. The molecular weight excluding hydrogens is 287 g/mol. The topological polar surface area (TPSA) is 74.6 Å². The summed E-state index contributed by atoms with van der Waals surface area (Å²) in [6.45, 7) is 0. The summed E-state index contributed by atoms with van der Waals surface area (Å²) < 4.78 is 13.6. The van der Waals surface area contributed by atoms with Crippen LogP contribution in [0.4, 0.5) is 4.39 Å². The molecule has 0 saturated heterocycles. The second kappa shape index (κ2) is 6.67. The minimum absolute atomic E-state index is 0.295. The van der Waals surface area contributed by atoms with Crippen molar-refractivity contribution in [2.45, 2.75) is 6.42 Å². The predicted molar refractivity (Wildman–Crippen MR) is 78.9 cm³/mol. The molecule has 0 unspecified atom stereocenters. The molecule has 0 aliphatic heterocycles. The molecule has 0 radical (unpaired) electrons. The van der Waals surface area contributed by atoms with E-state index in [1.165, 1.54) is 12.1 Å². The van der Waals surface area contributed by atoms with Gasteiger partial charge in [-0.05, 0) is 23.3 Å². The molecule has 0 fully saturated rings. The van der Waals surface area contributed by atoms with Gasteiger partial charge in [0, 0.05) is 18.1 Å². The minimum Gasteiger partial charge on any atom is -0.507 e. The van der Waals surface area contributed by atoms with Crippen LogP contribution in [0.3, 0.4) is 0 Å². The van der Waals surface area contributed by atoms with Crippen molar-refractivity contribution in [3.8, 4) is 0 Å². The van der Waals surface area contributed by atoms with Crippen molar-refractivity contribution in [3.63, 3.8) is 0 Å². The van der Waals surface area contributed by atoms with Gasteiger partial charge in [-0.3, -0.25) is 4.79 Å². The van der Waals surface area contributed by atoms with E-state index in [1.54, 1.807) is 36.4 Å². The van der Waals surface area contributed by atoms with E-state index in [1.807, 2.05) is 0 Å². The lowest BCUT2D eigenvalue weighted by atomic mass is 10.0. The molecule has 0 amide bonds. The van der Waals surface area contributed by atoms with Gasteiger partial charge in [0.25, 0.3) is 5.78 Å². The number of benzene rings is 2. The highest BCUT2D eigenvalue weighted by Crippen LogP contribution is 2.17. The van der Waals surface area contributed by atoms with Gasteiger partial charge in [0.15, 0.2) is 0 Å². The summed E-state index contributed by atoms with van der Waals surface area (Å²) in [5.41, 5.74) is 1.53. The fourth-order valence-electron chi connectivity index (χ4n) is 1.97. The van der Waals surface area contributed by atoms with Gasteiger partial charge < -0.3 is 10.2 Å². The molecule has 0 aliphatic rings. The maximum atomic E-state index is 13.6. The first-order valence-corrected chi connectivity index (χ1v) is 6.48. The highest BCUT2D eigenvalue weighted by atomic mass is 19.1. The molecule has 0 atom stereocenters. The molecule has 0 aromatic heterocycles. The minimum atomic E-state index is -1.64. The number of carbonyl (C=O) groups is 2. The third-order valence-corrected chi connectivity index (χ3v) is 3.05. The zero-order valence-corrected chi connectivity index (χ0v) is 11.5. The molecule has 0 heterocycles. The summed E-state index contributed by atoms with van der Waals surface area (Å²) in [5.74, 6) is -3.62. The smallest absolute Gasteiger partial charge is 0.376 e. The van der Waals surface area contributed by atoms with Crippen molar-refractivity contribution in [2.24, 2.45) is 0 Å². The number of aliphatic carboxylic acids is 1. The zero-order valence-electron chi connectivity index (χ0n) is 11.5. The standard InChI is InChI=1S/C17H13FO4/c18-14-7-2-1-5-12(14)8-11-4-3-6-13(9-11)15(19)10-16(20)17(21)22/h1-7,9-10,19H,8H2,(H,21,22)/b15-10+. The molecule has 2 aromatic rings. The number of hydrogen-bond donors (Lipinski definition) is 2. The third-order valence-electron chi connectivity index (χ3n) is 3.05. The highest BCUT2D eigenvalue weighted by molar-refractivity contribution is 6.38. The number of carbonyl (C=O) groups excluding carboxylic acids is 1. The van der Waals surface area contributed by atoms with Crippen molar-refractivity contribution in [3.05, 3.63) is 77.1 Å². The molecule has 22 heavy (non-hydrogen) atoms. The average Bonchev–Trinajstić information content (AvgIpc) is 2.49. The van der Waals surface area contributed by atoms with Crippen LogP contribution in [0.2, 0.25) is 0 Å². The van der Waals surface area contributed by atoms with Crippen LogP contribution in [0, 0.1) is 5.82 Å². The van der Waals surface area contributed by atoms with Crippen LogP contribution < -0.4 is 0 Å². The number of aliphatic hydroxyl groups excluding tert-OH is 1. The van der Waals surface area contributed by atoms with E-state index in [-0.39, 0.29) is 5.82 Å². The Hall–Kier alpha value is -2.95. The Balaban J connectivity index is 2.25. The van der Waals surface area contributed by atoms with Crippen LogP contribution in [-0.2, 0) is 16.0 Å². The Labute approximate surface area is 126 Å². The number of aliphatic hydroxyl groups is 1. The molecular formula is C17H13FO4. The quantitative estimate of drug-likeness (QED) is 0.506. The molecule has 2 N–H and O–H groups in total. The number of carboxylic acids is 1. The molecule has 0 bridgehead atoms. The number of ketones is 1. The van der Waals surface area contributed by atoms with E-state index in [0.717, 1.165) is 5.56 Å². The van der Waals surface area contributed by atoms with Crippen LogP contribution in [0.15, 0.2) is 54.6 Å². The van der Waals surface area contributed by atoms with Gasteiger partial charge in [-0.25, -0.2) is 9.18 Å². The number of halogens is 1. The van der Waals surface area contributed by atoms with Crippen molar-refractivity contribution >= 4 is 17.5 Å². The first kappa shape index (κ1) is 15.4.